The zero-order valence-corrected chi connectivity index (χ0v) is 16.9. The fourth-order valence-corrected chi connectivity index (χ4v) is 3.41. The molecule has 0 bridgehead atoms. The van der Waals surface area contributed by atoms with Crippen LogP contribution in [0.4, 0.5) is 0 Å². The van der Waals surface area contributed by atoms with Crippen LogP contribution in [-0.4, -0.2) is 26.6 Å². The Kier molecular flexibility index (Phi) is 5.12. The predicted octanol–water partition coefficient (Wildman–Crippen LogP) is 4.74. The molecule has 8 nitrogen and oxygen atoms in total. The number of hydrogen-bond acceptors (Lipinski definition) is 5. The van der Waals surface area contributed by atoms with Gasteiger partial charge in [0.25, 0.3) is 11.8 Å². The zero-order chi connectivity index (χ0) is 22.1. The molecule has 0 saturated carbocycles. The molecule has 0 saturated heterocycles. The highest BCUT2D eigenvalue weighted by Crippen LogP contribution is 2.37. The number of aromatic nitrogens is 1. The van der Waals surface area contributed by atoms with Crippen LogP contribution in [0, 0.1) is 13.8 Å². The Morgan fingerprint density at radius 1 is 0.903 bits per heavy atom. The van der Waals surface area contributed by atoms with Gasteiger partial charge < -0.3 is 14.6 Å². The molecule has 0 unspecified atom stereocenters. The summed E-state index contributed by atoms with van der Waals surface area (Å²) in [7, 11) is 0. The zero-order valence-electron chi connectivity index (χ0n) is 16.9. The van der Waals surface area contributed by atoms with Gasteiger partial charge in [-0.1, -0.05) is 30.3 Å². The predicted molar refractivity (Wildman–Crippen MR) is 113 cm³/mol. The van der Waals surface area contributed by atoms with Crippen molar-refractivity contribution in [1.29, 1.82) is 0 Å². The smallest absolute Gasteiger partial charge is 0.299 e. The molecule has 2 aromatic carbocycles. The van der Waals surface area contributed by atoms with E-state index < -0.39 is 11.8 Å². The minimum atomic E-state index is -0.747. The molecule has 2 aromatic heterocycles. The van der Waals surface area contributed by atoms with Gasteiger partial charge in [-0.05, 0) is 43.7 Å². The summed E-state index contributed by atoms with van der Waals surface area (Å²) < 4.78 is 6.63. The Bertz CT molecular complexity index is 1330. The number of carbonyl (C=O) groups is 2. The number of fused-ring (bicyclic) bond motifs is 1. The van der Waals surface area contributed by atoms with Crippen LogP contribution < -0.4 is 0 Å². The number of azo groups is 1. The fourth-order valence-electron chi connectivity index (χ4n) is 3.41. The van der Waals surface area contributed by atoms with Gasteiger partial charge in [0.2, 0.25) is 11.8 Å². The van der Waals surface area contributed by atoms with Crippen LogP contribution in [0.25, 0.3) is 10.8 Å². The van der Waals surface area contributed by atoms with Crippen LogP contribution in [-0.2, 0) is 6.54 Å². The second-order valence-electron chi connectivity index (χ2n) is 7.12. The third-order valence-electron chi connectivity index (χ3n) is 4.95. The number of amides is 2. The largest absolute Gasteiger partial charge is 0.494 e. The van der Waals surface area contributed by atoms with Crippen molar-refractivity contribution in [2.45, 2.75) is 20.4 Å². The van der Waals surface area contributed by atoms with E-state index in [4.69, 9.17) is 4.42 Å². The van der Waals surface area contributed by atoms with Crippen LogP contribution in [0.1, 0.15) is 37.8 Å². The molecule has 2 N–H and O–H groups in total. The second-order valence-corrected chi connectivity index (χ2v) is 7.12. The van der Waals surface area contributed by atoms with E-state index in [1.54, 1.807) is 13.8 Å². The molecule has 31 heavy (non-hydrogen) atoms. The number of aromatic hydroxyl groups is 2. The molecular formula is C23H19N3O5. The molecule has 0 fully saturated rings. The number of aryl methyl sites for hydroxylation is 2. The number of hydrogen-bond donors (Lipinski definition) is 2. The quantitative estimate of drug-likeness (QED) is 0.465. The van der Waals surface area contributed by atoms with E-state index in [1.165, 1.54) is 28.8 Å². The molecule has 0 spiro atoms. The normalized spacial score (nSPS) is 11.4. The van der Waals surface area contributed by atoms with Gasteiger partial charge >= 0.3 is 0 Å². The SMILES string of the molecule is Cc1cc(C(=O)N=NC(=O)c2ccc3c(O)n(Cc4ccccc4)c(O)c3c2)c(C)o1. The first-order valence-corrected chi connectivity index (χ1v) is 9.50. The summed E-state index contributed by atoms with van der Waals surface area (Å²) in [5.74, 6) is -0.763. The van der Waals surface area contributed by atoms with Crippen LogP contribution in [0.2, 0.25) is 0 Å². The molecule has 2 heterocycles. The lowest BCUT2D eigenvalue weighted by atomic mass is 10.1. The summed E-state index contributed by atoms with van der Waals surface area (Å²) >= 11 is 0. The van der Waals surface area contributed by atoms with Gasteiger partial charge in [-0.15, -0.1) is 10.2 Å². The average Bonchev–Trinajstić information content (AvgIpc) is 3.23. The summed E-state index contributed by atoms with van der Waals surface area (Å²) in [6.07, 6.45) is 0. The van der Waals surface area contributed by atoms with Crippen molar-refractivity contribution in [1.82, 2.24) is 4.57 Å². The van der Waals surface area contributed by atoms with Crippen molar-refractivity contribution in [3.05, 3.63) is 82.8 Å². The molecule has 4 rings (SSSR count). The van der Waals surface area contributed by atoms with Crippen LogP contribution in [0.3, 0.4) is 0 Å². The Morgan fingerprint density at radius 3 is 2.26 bits per heavy atom. The van der Waals surface area contributed by atoms with Crippen molar-refractivity contribution in [2.24, 2.45) is 10.2 Å². The molecular weight excluding hydrogens is 398 g/mol. The molecule has 0 aliphatic heterocycles. The van der Waals surface area contributed by atoms with Crippen LogP contribution in [0.5, 0.6) is 11.8 Å². The van der Waals surface area contributed by atoms with E-state index in [2.05, 4.69) is 10.2 Å². The van der Waals surface area contributed by atoms with E-state index in [1.807, 2.05) is 30.3 Å². The maximum Gasteiger partial charge on any atom is 0.299 e. The third kappa shape index (κ3) is 3.83. The summed E-state index contributed by atoms with van der Waals surface area (Å²) in [5.41, 5.74) is 1.25. The highest BCUT2D eigenvalue weighted by molar-refractivity contribution is 6.03. The topological polar surface area (TPSA) is 117 Å². The second kappa shape index (κ2) is 7.91. The van der Waals surface area contributed by atoms with Crippen LogP contribution in [0.15, 0.2) is 69.2 Å². The Labute approximate surface area is 177 Å². The first kappa shape index (κ1) is 20.1. The van der Waals surface area contributed by atoms with E-state index in [9.17, 15) is 19.8 Å². The van der Waals surface area contributed by atoms with E-state index in [0.717, 1.165) is 5.56 Å². The van der Waals surface area contributed by atoms with Crippen molar-refractivity contribution in [3.63, 3.8) is 0 Å². The monoisotopic (exact) mass is 417 g/mol. The van der Waals surface area contributed by atoms with Crippen molar-refractivity contribution >= 4 is 22.6 Å². The molecule has 2 amide bonds. The van der Waals surface area contributed by atoms with E-state index in [-0.39, 0.29) is 29.4 Å². The Balaban J connectivity index is 1.61. The lowest BCUT2D eigenvalue weighted by Crippen LogP contribution is -1.98. The van der Waals surface area contributed by atoms with Crippen molar-refractivity contribution in [2.75, 3.05) is 0 Å². The maximum absolute atomic E-state index is 12.4. The van der Waals surface area contributed by atoms with Gasteiger partial charge in [0.05, 0.1) is 12.1 Å². The van der Waals surface area contributed by atoms with Gasteiger partial charge in [-0.25, -0.2) is 0 Å². The number of nitrogens with zero attached hydrogens (tertiary/aromatic N) is 3. The molecule has 0 radical (unpaired) electrons. The number of furan rings is 1. The first-order chi connectivity index (χ1) is 14.8. The van der Waals surface area contributed by atoms with E-state index >= 15 is 0 Å². The lowest BCUT2D eigenvalue weighted by molar-refractivity contribution is 0.0946. The molecule has 0 aliphatic carbocycles. The lowest BCUT2D eigenvalue weighted by Gasteiger charge is -2.06. The van der Waals surface area contributed by atoms with Gasteiger partial charge in [0.1, 0.15) is 11.5 Å². The highest BCUT2D eigenvalue weighted by atomic mass is 16.3. The van der Waals surface area contributed by atoms with Gasteiger partial charge in [0.15, 0.2) is 0 Å². The highest BCUT2D eigenvalue weighted by Gasteiger charge is 2.19. The minimum absolute atomic E-state index is 0.113. The average molecular weight is 417 g/mol. The fraction of sp³-hybridized carbons (Fsp3) is 0.130. The molecule has 0 atom stereocenters. The minimum Gasteiger partial charge on any atom is -0.494 e. The maximum atomic E-state index is 12.4. The van der Waals surface area contributed by atoms with Gasteiger partial charge in [-0.3, -0.25) is 14.2 Å². The summed E-state index contributed by atoms with van der Waals surface area (Å²) in [4.78, 5) is 24.6. The summed E-state index contributed by atoms with van der Waals surface area (Å²) in [6, 6.07) is 15.3. The number of benzene rings is 2. The van der Waals surface area contributed by atoms with Gasteiger partial charge in [0, 0.05) is 16.3 Å². The third-order valence-corrected chi connectivity index (χ3v) is 4.95. The molecule has 156 valence electrons. The van der Waals surface area contributed by atoms with Crippen LogP contribution >= 0.6 is 0 Å². The first-order valence-electron chi connectivity index (χ1n) is 9.50. The standard InChI is InChI=1S/C23H19N3O5/c1-13-10-18(14(2)31-13)21(28)25-24-20(27)16-8-9-17-19(11-16)23(30)26(22(17)29)12-15-6-4-3-5-7-15/h3-11,29-30H,12H2,1-2H3. The van der Waals surface area contributed by atoms with E-state index in [0.29, 0.717) is 22.3 Å². The molecule has 8 heteroatoms. The number of rotatable bonds is 4. The molecule has 0 aliphatic rings. The molecule has 4 aromatic rings. The number of carbonyl (C=O) groups excluding carboxylic acids is 2. The summed E-state index contributed by atoms with van der Waals surface area (Å²) in [6.45, 7) is 3.59. The Hall–Kier alpha value is -4.20. The summed E-state index contributed by atoms with van der Waals surface area (Å²) in [5, 5.41) is 28.8. The van der Waals surface area contributed by atoms with Gasteiger partial charge in [-0.2, -0.15) is 0 Å². The Morgan fingerprint density at radius 2 is 1.58 bits per heavy atom. The van der Waals surface area contributed by atoms with Crippen molar-refractivity contribution < 1.29 is 24.2 Å². The van der Waals surface area contributed by atoms with Crippen molar-refractivity contribution in [3.8, 4) is 11.8 Å².